The van der Waals surface area contributed by atoms with Crippen molar-refractivity contribution in [3.63, 3.8) is 0 Å². The fraction of sp³-hybridized carbons (Fsp3) is 0.500. The van der Waals surface area contributed by atoms with Crippen LogP contribution in [-0.4, -0.2) is 34.0 Å². The number of nitrogens with one attached hydrogen (secondary N) is 2. The van der Waals surface area contributed by atoms with Gasteiger partial charge in [-0.2, -0.15) is 0 Å². The molecule has 1 aromatic carbocycles. The van der Waals surface area contributed by atoms with Gasteiger partial charge in [0.1, 0.15) is 0 Å². The zero-order valence-corrected chi connectivity index (χ0v) is 12.7. The number of hydrogen-bond acceptors (Lipinski definition) is 4. The number of hydrogen-bond donors (Lipinski definition) is 3. The maximum absolute atomic E-state index is 12.2. The molecular weight excluding hydrogens is 290 g/mol. The first-order valence-corrected chi connectivity index (χ1v) is 8.57. The van der Waals surface area contributed by atoms with Crippen LogP contribution >= 0.6 is 0 Å². The largest absolute Gasteiger partial charge is 0.366 e. The van der Waals surface area contributed by atoms with E-state index in [-0.39, 0.29) is 10.5 Å². The molecule has 0 spiro atoms. The first-order valence-electron chi connectivity index (χ1n) is 7.09. The number of rotatable bonds is 6. The molecule has 1 aromatic rings. The summed E-state index contributed by atoms with van der Waals surface area (Å²) in [5, 5.41) is 3.31. The second kappa shape index (κ2) is 7.02. The molecule has 1 atom stereocenters. The summed E-state index contributed by atoms with van der Waals surface area (Å²) >= 11 is 0. The third kappa shape index (κ3) is 4.52. The number of carbonyl (C=O) groups is 1. The van der Waals surface area contributed by atoms with Crippen LogP contribution < -0.4 is 15.8 Å². The third-order valence-electron chi connectivity index (χ3n) is 3.67. The average molecular weight is 311 g/mol. The van der Waals surface area contributed by atoms with Gasteiger partial charge in [0.15, 0.2) is 0 Å². The molecule has 1 heterocycles. The summed E-state index contributed by atoms with van der Waals surface area (Å²) in [5.74, 6) is -0.126. The molecule has 0 saturated carbocycles. The predicted octanol–water partition coefficient (Wildman–Crippen LogP) is 0.453. The quantitative estimate of drug-likeness (QED) is 0.710. The Bertz CT molecular complexity index is 595. The Labute approximate surface area is 125 Å². The molecule has 0 aromatic heterocycles. The molecule has 1 fully saturated rings. The summed E-state index contributed by atoms with van der Waals surface area (Å²) in [6.07, 6.45) is 3.08. The smallest absolute Gasteiger partial charge is 0.248 e. The maximum Gasteiger partial charge on any atom is 0.248 e. The lowest BCUT2D eigenvalue weighted by atomic mass is 9.96. The van der Waals surface area contributed by atoms with E-state index in [1.54, 1.807) is 0 Å². The first kappa shape index (κ1) is 15.9. The zero-order chi connectivity index (χ0) is 15.3. The number of benzene rings is 1. The molecule has 4 N–H and O–H groups in total. The molecule has 1 aliphatic rings. The topological polar surface area (TPSA) is 101 Å². The summed E-state index contributed by atoms with van der Waals surface area (Å²) in [4.78, 5) is 11.2. The number of primary amides is 1. The van der Waals surface area contributed by atoms with Crippen molar-refractivity contribution in [1.82, 2.24) is 10.0 Å². The molecule has 0 radical (unpaired) electrons. The van der Waals surface area contributed by atoms with Gasteiger partial charge in [-0.25, -0.2) is 13.1 Å². The van der Waals surface area contributed by atoms with E-state index in [0.29, 0.717) is 12.5 Å². The van der Waals surface area contributed by atoms with Gasteiger partial charge in [-0.1, -0.05) is 6.07 Å². The molecule has 1 unspecified atom stereocenters. The lowest BCUT2D eigenvalue weighted by Crippen LogP contribution is -2.33. The second-order valence-electron chi connectivity index (χ2n) is 5.29. The predicted molar refractivity (Wildman–Crippen MR) is 80.4 cm³/mol. The van der Waals surface area contributed by atoms with Crippen molar-refractivity contribution in [2.75, 3.05) is 19.6 Å². The fourth-order valence-electron chi connectivity index (χ4n) is 2.47. The fourth-order valence-corrected chi connectivity index (χ4v) is 3.56. The molecule has 1 amide bonds. The van der Waals surface area contributed by atoms with E-state index in [0.717, 1.165) is 32.4 Å². The van der Waals surface area contributed by atoms with E-state index in [2.05, 4.69) is 10.0 Å². The van der Waals surface area contributed by atoms with E-state index >= 15 is 0 Å². The van der Waals surface area contributed by atoms with Crippen LogP contribution in [0, 0.1) is 5.92 Å². The summed E-state index contributed by atoms with van der Waals surface area (Å²) in [6, 6.07) is 5.76. The highest BCUT2D eigenvalue weighted by molar-refractivity contribution is 7.89. The van der Waals surface area contributed by atoms with Gasteiger partial charge >= 0.3 is 0 Å². The van der Waals surface area contributed by atoms with Crippen molar-refractivity contribution < 1.29 is 13.2 Å². The lowest BCUT2D eigenvalue weighted by Gasteiger charge is -2.22. The molecule has 6 nitrogen and oxygen atoms in total. The molecular formula is C14H21N3O3S. The van der Waals surface area contributed by atoms with Crippen molar-refractivity contribution in [1.29, 1.82) is 0 Å². The van der Waals surface area contributed by atoms with Crippen molar-refractivity contribution in [3.8, 4) is 0 Å². The molecule has 116 valence electrons. The van der Waals surface area contributed by atoms with Gasteiger partial charge in [0.2, 0.25) is 15.9 Å². The highest BCUT2D eigenvalue weighted by atomic mass is 32.2. The number of piperidine rings is 1. The van der Waals surface area contributed by atoms with Gasteiger partial charge in [0.25, 0.3) is 0 Å². The number of amides is 1. The standard InChI is InChI=1S/C14H21N3O3S/c15-14(18)12-4-1-5-13(9-12)21(19,20)17-8-6-11-3-2-7-16-10-11/h1,4-5,9,11,16-17H,2-3,6-8,10H2,(H2,15,18). The van der Waals surface area contributed by atoms with Crippen LogP contribution in [0.2, 0.25) is 0 Å². The molecule has 0 bridgehead atoms. The monoisotopic (exact) mass is 311 g/mol. The van der Waals surface area contributed by atoms with Crippen molar-refractivity contribution in [2.45, 2.75) is 24.2 Å². The van der Waals surface area contributed by atoms with Crippen molar-refractivity contribution >= 4 is 15.9 Å². The minimum absolute atomic E-state index is 0.0700. The van der Waals surface area contributed by atoms with Crippen LogP contribution in [0.3, 0.4) is 0 Å². The van der Waals surface area contributed by atoms with E-state index in [4.69, 9.17) is 5.73 Å². The molecule has 1 aliphatic heterocycles. The van der Waals surface area contributed by atoms with Gasteiger partial charge in [0, 0.05) is 12.1 Å². The van der Waals surface area contributed by atoms with Gasteiger partial charge < -0.3 is 11.1 Å². The maximum atomic E-state index is 12.2. The van der Waals surface area contributed by atoms with Gasteiger partial charge in [-0.3, -0.25) is 4.79 Å². The minimum Gasteiger partial charge on any atom is -0.366 e. The van der Waals surface area contributed by atoms with Crippen LogP contribution in [0.4, 0.5) is 0 Å². The van der Waals surface area contributed by atoms with Crippen LogP contribution in [0.1, 0.15) is 29.6 Å². The Morgan fingerprint density at radius 1 is 1.43 bits per heavy atom. The Morgan fingerprint density at radius 2 is 2.24 bits per heavy atom. The van der Waals surface area contributed by atoms with E-state index < -0.39 is 15.9 Å². The summed E-state index contributed by atoms with van der Waals surface area (Å²) in [6.45, 7) is 2.39. The number of nitrogens with two attached hydrogens (primary N) is 1. The number of sulfonamides is 1. The molecule has 0 aliphatic carbocycles. The average Bonchev–Trinajstić information content (AvgIpc) is 2.48. The van der Waals surface area contributed by atoms with Crippen LogP contribution in [0.25, 0.3) is 0 Å². The first-order chi connectivity index (χ1) is 9.99. The van der Waals surface area contributed by atoms with E-state index in [9.17, 15) is 13.2 Å². The minimum atomic E-state index is -3.60. The Balaban J connectivity index is 1.94. The van der Waals surface area contributed by atoms with Crippen molar-refractivity contribution in [3.05, 3.63) is 29.8 Å². The SMILES string of the molecule is NC(=O)c1cccc(S(=O)(=O)NCCC2CCCNC2)c1. The molecule has 7 heteroatoms. The van der Waals surface area contributed by atoms with Crippen LogP contribution in [0.5, 0.6) is 0 Å². The normalized spacial score (nSPS) is 19.3. The summed E-state index contributed by atoms with van der Waals surface area (Å²) < 4.78 is 26.9. The second-order valence-corrected chi connectivity index (χ2v) is 7.06. The van der Waals surface area contributed by atoms with Crippen LogP contribution in [0.15, 0.2) is 29.2 Å². The van der Waals surface area contributed by atoms with Gasteiger partial charge in [0.05, 0.1) is 4.90 Å². The van der Waals surface area contributed by atoms with E-state index in [1.807, 2.05) is 0 Å². The Morgan fingerprint density at radius 3 is 2.90 bits per heavy atom. The highest BCUT2D eigenvalue weighted by Crippen LogP contribution is 2.15. The van der Waals surface area contributed by atoms with Gasteiger partial charge in [-0.15, -0.1) is 0 Å². The van der Waals surface area contributed by atoms with E-state index in [1.165, 1.54) is 24.3 Å². The Hall–Kier alpha value is -1.44. The highest BCUT2D eigenvalue weighted by Gasteiger charge is 2.17. The summed E-state index contributed by atoms with van der Waals surface area (Å²) in [7, 11) is -3.60. The van der Waals surface area contributed by atoms with Crippen LogP contribution in [-0.2, 0) is 10.0 Å². The Kier molecular flexibility index (Phi) is 5.33. The number of carbonyl (C=O) groups excluding carboxylic acids is 1. The molecule has 21 heavy (non-hydrogen) atoms. The molecule has 2 rings (SSSR count). The van der Waals surface area contributed by atoms with Crippen molar-refractivity contribution in [2.24, 2.45) is 11.7 Å². The molecule has 1 saturated heterocycles. The van der Waals surface area contributed by atoms with Gasteiger partial charge in [-0.05, 0) is 56.5 Å². The third-order valence-corrected chi connectivity index (χ3v) is 5.13. The summed E-state index contributed by atoms with van der Waals surface area (Å²) in [5.41, 5.74) is 5.35. The lowest BCUT2D eigenvalue weighted by molar-refractivity contribution is 0.1000. The zero-order valence-electron chi connectivity index (χ0n) is 11.8.